The van der Waals surface area contributed by atoms with Crippen molar-refractivity contribution in [3.8, 4) is 0 Å². The monoisotopic (exact) mass is 250 g/mol. The molecular formula is C16H26O2. The summed E-state index contributed by atoms with van der Waals surface area (Å²) in [4.78, 5) is 12.0. The molecule has 1 N–H and O–H groups in total. The molecule has 3 saturated carbocycles. The van der Waals surface area contributed by atoms with E-state index in [1.165, 1.54) is 25.7 Å². The standard InChI is InChI=1S/C16H26O2/c1-10-3-5-13(7-11(10)2)16(15(17)18)9-12-4-6-14(16)8-12/h10-14H,3-9H2,1-2H3,(H,17,18). The zero-order valence-electron chi connectivity index (χ0n) is 11.7. The highest BCUT2D eigenvalue weighted by Gasteiger charge is 2.59. The Hall–Kier alpha value is -0.530. The molecule has 3 fully saturated rings. The molecule has 0 aromatic carbocycles. The summed E-state index contributed by atoms with van der Waals surface area (Å²) in [6, 6.07) is 0. The van der Waals surface area contributed by atoms with E-state index in [9.17, 15) is 9.90 Å². The van der Waals surface area contributed by atoms with Gasteiger partial charge >= 0.3 is 5.97 Å². The summed E-state index contributed by atoms with van der Waals surface area (Å²) in [5, 5.41) is 9.89. The fourth-order valence-corrected chi connectivity index (χ4v) is 5.32. The smallest absolute Gasteiger partial charge is 0.310 e. The van der Waals surface area contributed by atoms with Gasteiger partial charge in [-0.3, -0.25) is 4.79 Å². The van der Waals surface area contributed by atoms with Crippen LogP contribution >= 0.6 is 0 Å². The molecule has 18 heavy (non-hydrogen) atoms. The lowest BCUT2D eigenvalue weighted by Gasteiger charge is -2.45. The van der Waals surface area contributed by atoms with Crippen LogP contribution in [0.5, 0.6) is 0 Å². The van der Waals surface area contributed by atoms with E-state index in [4.69, 9.17) is 0 Å². The minimum atomic E-state index is -0.471. The summed E-state index contributed by atoms with van der Waals surface area (Å²) < 4.78 is 0. The molecule has 2 bridgehead atoms. The van der Waals surface area contributed by atoms with Gasteiger partial charge in [-0.05, 0) is 61.7 Å². The van der Waals surface area contributed by atoms with Crippen molar-refractivity contribution in [2.75, 3.05) is 0 Å². The van der Waals surface area contributed by atoms with E-state index in [2.05, 4.69) is 13.8 Å². The van der Waals surface area contributed by atoms with E-state index in [-0.39, 0.29) is 5.41 Å². The van der Waals surface area contributed by atoms with Gasteiger partial charge < -0.3 is 5.11 Å². The Morgan fingerprint density at radius 1 is 1.00 bits per heavy atom. The number of hydrogen-bond donors (Lipinski definition) is 1. The summed E-state index contributed by atoms with van der Waals surface area (Å²) in [6.07, 6.45) is 8.19. The Kier molecular flexibility index (Phi) is 2.95. The normalized spacial score (nSPS) is 51.6. The third-order valence-electron chi connectivity index (χ3n) is 6.62. The molecule has 2 heteroatoms. The van der Waals surface area contributed by atoms with Crippen molar-refractivity contribution in [1.29, 1.82) is 0 Å². The molecule has 0 spiro atoms. The van der Waals surface area contributed by atoms with Gasteiger partial charge in [0, 0.05) is 0 Å². The quantitative estimate of drug-likeness (QED) is 0.805. The van der Waals surface area contributed by atoms with Crippen LogP contribution in [0.25, 0.3) is 0 Å². The number of carboxylic acid groups (broad SMARTS) is 1. The number of carboxylic acids is 1. The number of fused-ring (bicyclic) bond motifs is 2. The van der Waals surface area contributed by atoms with Gasteiger partial charge in [0.05, 0.1) is 5.41 Å². The first-order chi connectivity index (χ1) is 8.54. The molecule has 0 heterocycles. The van der Waals surface area contributed by atoms with Gasteiger partial charge in [-0.25, -0.2) is 0 Å². The van der Waals surface area contributed by atoms with Crippen LogP contribution in [0.3, 0.4) is 0 Å². The third-order valence-corrected chi connectivity index (χ3v) is 6.62. The van der Waals surface area contributed by atoms with Gasteiger partial charge in [0.2, 0.25) is 0 Å². The number of hydrogen-bond acceptors (Lipinski definition) is 1. The Balaban J connectivity index is 1.85. The highest BCUT2D eigenvalue weighted by molar-refractivity contribution is 5.76. The van der Waals surface area contributed by atoms with Crippen molar-refractivity contribution in [1.82, 2.24) is 0 Å². The molecule has 6 atom stereocenters. The second-order valence-corrected chi connectivity index (χ2v) is 7.39. The first-order valence-electron chi connectivity index (χ1n) is 7.77. The lowest BCUT2D eigenvalue weighted by molar-refractivity contribution is -0.159. The second-order valence-electron chi connectivity index (χ2n) is 7.39. The average Bonchev–Trinajstić information content (AvgIpc) is 2.93. The maximum atomic E-state index is 12.0. The molecule has 6 unspecified atom stereocenters. The molecule has 3 aliphatic rings. The molecular weight excluding hydrogens is 224 g/mol. The predicted molar refractivity (Wildman–Crippen MR) is 71.2 cm³/mol. The van der Waals surface area contributed by atoms with Gasteiger partial charge in [0.15, 0.2) is 0 Å². The van der Waals surface area contributed by atoms with Crippen LogP contribution in [0.1, 0.15) is 58.8 Å². The van der Waals surface area contributed by atoms with E-state index >= 15 is 0 Å². The molecule has 0 saturated heterocycles. The zero-order chi connectivity index (χ0) is 12.9. The van der Waals surface area contributed by atoms with Crippen LogP contribution in [-0.2, 0) is 4.79 Å². The lowest BCUT2D eigenvalue weighted by Crippen LogP contribution is -2.45. The molecule has 0 aliphatic heterocycles. The first-order valence-corrected chi connectivity index (χ1v) is 7.77. The van der Waals surface area contributed by atoms with Crippen LogP contribution in [0, 0.1) is 35.0 Å². The third kappa shape index (κ3) is 1.64. The molecule has 2 nitrogen and oxygen atoms in total. The van der Waals surface area contributed by atoms with Crippen molar-refractivity contribution in [2.45, 2.75) is 58.8 Å². The fourth-order valence-electron chi connectivity index (χ4n) is 5.32. The van der Waals surface area contributed by atoms with Crippen LogP contribution < -0.4 is 0 Å². The van der Waals surface area contributed by atoms with Gasteiger partial charge in [-0.2, -0.15) is 0 Å². The molecule has 0 aromatic rings. The minimum Gasteiger partial charge on any atom is -0.481 e. The van der Waals surface area contributed by atoms with Gasteiger partial charge in [-0.1, -0.05) is 26.7 Å². The second kappa shape index (κ2) is 4.25. The topological polar surface area (TPSA) is 37.3 Å². The number of aliphatic carboxylic acids is 1. The number of rotatable bonds is 2. The van der Waals surface area contributed by atoms with Crippen molar-refractivity contribution in [3.05, 3.63) is 0 Å². The fraction of sp³-hybridized carbons (Fsp3) is 0.938. The van der Waals surface area contributed by atoms with Crippen molar-refractivity contribution in [3.63, 3.8) is 0 Å². The van der Waals surface area contributed by atoms with Gasteiger partial charge in [-0.15, -0.1) is 0 Å². The maximum absolute atomic E-state index is 12.0. The number of carbonyl (C=O) groups is 1. The highest BCUT2D eigenvalue weighted by atomic mass is 16.4. The molecule has 3 aliphatic carbocycles. The van der Waals surface area contributed by atoms with E-state index in [0.29, 0.717) is 17.8 Å². The Morgan fingerprint density at radius 2 is 1.67 bits per heavy atom. The van der Waals surface area contributed by atoms with E-state index in [1.54, 1.807) is 0 Å². The van der Waals surface area contributed by atoms with E-state index < -0.39 is 5.97 Å². The van der Waals surface area contributed by atoms with Gasteiger partial charge in [0.1, 0.15) is 0 Å². The molecule has 3 rings (SSSR count). The van der Waals surface area contributed by atoms with Crippen molar-refractivity contribution in [2.24, 2.45) is 35.0 Å². The average molecular weight is 250 g/mol. The largest absolute Gasteiger partial charge is 0.481 e. The van der Waals surface area contributed by atoms with E-state index in [0.717, 1.165) is 31.1 Å². The summed E-state index contributed by atoms with van der Waals surface area (Å²) in [5.41, 5.74) is -0.336. The summed E-state index contributed by atoms with van der Waals surface area (Å²) in [7, 11) is 0. The summed E-state index contributed by atoms with van der Waals surface area (Å²) in [5.74, 6) is 2.69. The maximum Gasteiger partial charge on any atom is 0.310 e. The van der Waals surface area contributed by atoms with Crippen LogP contribution in [0.15, 0.2) is 0 Å². The predicted octanol–water partition coefficient (Wildman–Crippen LogP) is 3.95. The first kappa shape index (κ1) is 12.5. The van der Waals surface area contributed by atoms with Crippen molar-refractivity contribution < 1.29 is 9.90 Å². The zero-order valence-corrected chi connectivity index (χ0v) is 11.7. The lowest BCUT2D eigenvalue weighted by atomic mass is 9.58. The molecule has 0 aromatic heterocycles. The van der Waals surface area contributed by atoms with Crippen LogP contribution in [-0.4, -0.2) is 11.1 Å². The van der Waals surface area contributed by atoms with Gasteiger partial charge in [0.25, 0.3) is 0 Å². The Labute approximate surface area is 110 Å². The van der Waals surface area contributed by atoms with Crippen LogP contribution in [0.4, 0.5) is 0 Å². The van der Waals surface area contributed by atoms with Crippen molar-refractivity contribution >= 4 is 5.97 Å². The molecule has 102 valence electrons. The molecule has 0 radical (unpaired) electrons. The van der Waals surface area contributed by atoms with Crippen LogP contribution in [0.2, 0.25) is 0 Å². The SMILES string of the molecule is CC1CCC(C2(C(=O)O)CC3CCC2C3)CC1C. The summed E-state index contributed by atoms with van der Waals surface area (Å²) in [6.45, 7) is 4.65. The highest BCUT2D eigenvalue weighted by Crippen LogP contribution is 2.62. The Morgan fingerprint density at radius 3 is 2.17 bits per heavy atom. The Bertz CT molecular complexity index is 351. The van der Waals surface area contributed by atoms with E-state index in [1.807, 2.05) is 0 Å². The minimum absolute atomic E-state index is 0.336. The molecule has 0 amide bonds. The summed E-state index contributed by atoms with van der Waals surface area (Å²) >= 11 is 0.